The zero-order valence-corrected chi connectivity index (χ0v) is 10.4. The highest BCUT2D eigenvalue weighted by atomic mass is 14.9. The molecular weight excluding hydrogens is 220 g/mol. The molecule has 0 aliphatic rings. The van der Waals surface area contributed by atoms with Crippen molar-refractivity contribution in [2.45, 2.75) is 12.8 Å². The Bertz CT molecular complexity index is 523. The smallest absolute Gasteiger partial charge is 0.0991 e. The molecule has 0 saturated heterocycles. The summed E-state index contributed by atoms with van der Waals surface area (Å²) in [6, 6.07) is 20.1. The number of rotatable bonds is 4. The number of nitrogens with one attached hydrogen (secondary N) is 1. The van der Waals surface area contributed by atoms with E-state index in [9.17, 15) is 0 Å². The van der Waals surface area contributed by atoms with E-state index in [2.05, 4.69) is 42.6 Å². The predicted molar refractivity (Wildman–Crippen MR) is 74.5 cm³/mol. The molecule has 2 aromatic carbocycles. The minimum absolute atomic E-state index is 0.460. The number of nitrogens with zero attached hydrogens (tertiary/aromatic N) is 1. The highest BCUT2D eigenvalue weighted by Crippen LogP contribution is 2.16. The largest absolute Gasteiger partial charge is 0.384 e. The van der Waals surface area contributed by atoms with E-state index < -0.39 is 0 Å². The van der Waals surface area contributed by atoms with Crippen LogP contribution in [-0.2, 0) is 0 Å². The third-order valence-corrected chi connectivity index (χ3v) is 2.99. The van der Waals surface area contributed by atoms with Crippen molar-refractivity contribution in [1.82, 2.24) is 0 Å². The summed E-state index contributed by atoms with van der Waals surface area (Å²) in [5.41, 5.74) is 3.08. The molecule has 1 unspecified atom stereocenters. The van der Waals surface area contributed by atoms with Crippen LogP contribution < -0.4 is 5.32 Å². The van der Waals surface area contributed by atoms with Gasteiger partial charge in [0.2, 0.25) is 0 Å². The van der Waals surface area contributed by atoms with Gasteiger partial charge in [0, 0.05) is 12.2 Å². The summed E-state index contributed by atoms with van der Waals surface area (Å²) in [5, 5.41) is 12.1. The molecule has 2 rings (SSSR count). The highest BCUT2D eigenvalue weighted by molar-refractivity contribution is 5.47. The molecule has 18 heavy (non-hydrogen) atoms. The van der Waals surface area contributed by atoms with Gasteiger partial charge >= 0.3 is 0 Å². The first-order chi connectivity index (χ1) is 8.79. The van der Waals surface area contributed by atoms with E-state index in [0.29, 0.717) is 11.5 Å². The summed E-state index contributed by atoms with van der Waals surface area (Å²) in [5.74, 6) is 0.460. The van der Waals surface area contributed by atoms with E-state index >= 15 is 0 Å². The van der Waals surface area contributed by atoms with E-state index in [1.807, 2.05) is 30.3 Å². The van der Waals surface area contributed by atoms with Gasteiger partial charge in [0.1, 0.15) is 0 Å². The van der Waals surface area contributed by atoms with Gasteiger partial charge < -0.3 is 5.32 Å². The average Bonchev–Trinajstić information content (AvgIpc) is 2.46. The second kappa shape index (κ2) is 5.88. The van der Waals surface area contributed by atoms with Gasteiger partial charge in [-0.05, 0) is 35.7 Å². The Morgan fingerprint density at radius 3 is 2.33 bits per heavy atom. The maximum Gasteiger partial charge on any atom is 0.0991 e. The van der Waals surface area contributed by atoms with E-state index in [-0.39, 0.29) is 0 Å². The van der Waals surface area contributed by atoms with E-state index in [1.54, 1.807) is 0 Å². The zero-order valence-electron chi connectivity index (χ0n) is 10.4. The van der Waals surface area contributed by atoms with E-state index in [0.717, 1.165) is 12.2 Å². The third-order valence-electron chi connectivity index (χ3n) is 2.99. The molecule has 0 amide bonds. The summed E-state index contributed by atoms with van der Waals surface area (Å²) in [6.07, 6.45) is 0. The van der Waals surface area contributed by atoms with Gasteiger partial charge in [-0.1, -0.05) is 37.3 Å². The number of benzene rings is 2. The summed E-state index contributed by atoms with van der Waals surface area (Å²) in [4.78, 5) is 0. The molecule has 0 aliphatic carbocycles. The Morgan fingerprint density at radius 2 is 1.72 bits per heavy atom. The van der Waals surface area contributed by atoms with Crippen molar-refractivity contribution in [3.05, 3.63) is 65.7 Å². The molecule has 1 atom stereocenters. The average molecular weight is 236 g/mol. The fourth-order valence-corrected chi connectivity index (χ4v) is 1.83. The van der Waals surface area contributed by atoms with Crippen molar-refractivity contribution in [2.24, 2.45) is 0 Å². The fraction of sp³-hybridized carbons (Fsp3) is 0.188. The van der Waals surface area contributed by atoms with Crippen LogP contribution in [0.25, 0.3) is 0 Å². The standard InChI is InChI=1S/C16H16N2/c1-13(15-5-3-2-4-6-15)12-18-16-9-7-14(11-17)8-10-16/h2-10,13,18H,12H2,1H3. The zero-order chi connectivity index (χ0) is 12.8. The Hall–Kier alpha value is -2.27. The minimum Gasteiger partial charge on any atom is -0.384 e. The number of hydrogen-bond acceptors (Lipinski definition) is 2. The van der Waals surface area contributed by atoms with Crippen molar-refractivity contribution < 1.29 is 0 Å². The molecule has 0 fully saturated rings. The van der Waals surface area contributed by atoms with Gasteiger partial charge in [-0.2, -0.15) is 5.26 Å². The monoisotopic (exact) mass is 236 g/mol. The Morgan fingerprint density at radius 1 is 1.06 bits per heavy atom. The quantitative estimate of drug-likeness (QED) is 0.877. The maximum absolute atomic E-state index is 8.72. The lowest BCUT2D eigenvalue weighted by atomic mass is 10.0. The highest BCUT2D eigenvalue weighted by Gasteiger charge is 2.04. The minimum atomic E-state index is 0.460. The molecule has 2 nitrogen and oxygen atoms in total. The molecule has 0 aliphatic heterocycles. The van der Waals surface area contributed by atoms with Crippen LogP contribution >= 0.6 is 0 Å². The first-order valence-corrected chi connectivity index (χ1v) is 6.08. The van der Waals surface area contributed by atoms with E-state index in [1.165, 1.54) is 5.56 Å². The van der Waals surface area contributed by atoms with Gasteiger partial charge in [-0.15, -0.1) is 0 Å². The van der Waals surface area contributed by atoms with Gasteiger partial charge in [0.15, 0.2) is 0 Å². The molecular formula is C16H16N2. The molecule has 0 heterocycles. The van der Waals surface area contributed by atoms with Crippen LogP contribution in [0.2, 0.25) is 0 Å². The molecule has 90 valence electrons. The van der Waals surface area contributed by atoms with Crippen LogP contribution in [0.15, 0.2) is 54.6 Å². The third kappa shape index (κ3) is 3.11. The maximum atomic E-state index is 8.72. The second-order valence-corrected chi connectivity index (χ2v) is 4.38. The van der Waals surface area contributed by atoms with Gasteiger partial charge in [0.05, 0.1) is 11.6 Å². The first kappa shape index (κ1) is 12.2. The number of nitriles is 1. The predicted octanol–water partition coefficient (Wildman–Crippen LogP) is 3.77. The molecule has 0 aromatic heterocycles. The van der Waals surface area contributed by atoms with Crippen molar-refractivity contribution in [3.8, 4) is 6.07 Å². The van der Waals surface area contributed by atoms with Crippen LogP contribution in [0.1, 0.15) is 24.0 Å². The van der Waals surface area contributed by atoms with Crippen LogP contribution in [0.4, 0.5) is 5.69 Å². The molecule has 0 saturated carbocycles. The lowest BCUT2D eigenvalue weighted by Gasteiger charge is -2.13. The second-order valence-electron chi connectivity index (χ2n) is 4.38. The topological polar surface area (TPSA) is 35.8 Å². The van der Waals surface area contributed by atoms with Crippen molar-refractivity contribution in [3.63, 3.8) is 0 Å². The molecule has 2 heteroatoms. The Labute approximate surface area is 108 Å². The van der Waals surface area contributed by atoms with Crippen molar-refractivity contribution >= 4 is 5.69 Å². The lowest BCUT2D eigenvalue weighted by Crippen LogP contribution is -2.09. The Balaban J connectivity index is 1.93. The molecule has 1 N–H and O–H groups in total. The summed E-state index contributed by atoms with van der Waals surface area (Å²) < 4.78 is 0. The van der Waals surface area contributed by atoms with Gasteiger partial charge in [-0.3, -0.25) is 0 Å². The molecule has 0 spiro atoms. The summed E-state index contributed by atoms with van der Waals surface area (Å²) in [7, 11) is 0. The first-order valence-electron chi connectivity index (χ1n) is 6.08. The van der Waals surface area contributed by atoms with E-state index in [4.69, 9.17) is 5.26 Å². The van der Waals surface area contributed by atoms with Crippen LogP contribution in [0.3, 0.4) is 0 Å². The lowest BCUT2D eigenvalue weighted by molar-refractivity contribution is 0.805. The number of hydrogen-bond donors (Lipinski definition) is 1. The Kier molecular flexibility index (Phi) is 3.98. The molecule has 0 radical (unpaired) electrons. The fourth-order valence-electron chi connectivity index (χ4n) is 1.83. The molecule has 2 aromatic rings. The molecule has 0 bridgehead atoms. The van der Waals surface area contributed by atoms with Crippen molar-refractivity contribution in [1.29, 1.82) is 5.26 Å². The number of anilines is 1. The van der Waals surface area contributed by atoms with Crippen molar-refractivity contribution in [2.75, 3.05) is 11.9 Å². The van der Waals surface area contributed by atoms with Crippen LogP contribution in [0, 0.1) is 11.3 Å². The van der Waals surface area contributed by atoms with Crippen LogP contribution in [0.5, 0.6) is 0 Å². The van der Waals surface area contributed by atoms with Gasteiger partial charge in [-0.25, -0.2) is 0 Å². The summed E-state index contributed by atoms with van der Waals surface area (Å²) >= 11 is 0. The normalized spacial score (nSPS) is 11.6. The van der Waals surface area contributed by atoms with Crippen LogP contribution in [-0.4, -0.2) is 6.54 Å². The van der Waals surface area contributed by atoms with Gasteiger partial charge in [0.25, 0.3) is 0 Å². The summed E-state index contributed by atoms with van der Waals surface area (Å²) in [6.45, 7) is 3.09. The SMILES string of the molecule is CC(CNc1ccc(C#N)cc1)c1ccccc1.